The first-order chi connectivity index (χ1) is 15.2. The Morgan fingerprint density at radius 3 is 2.50 bits per heavy atom. The molecule has 1 aromatic heterocycles. The van der Waals surface area contributed by atoms with Crippen LogP contribution in [0.2, 0.25) is 0 Å². The molecule has 0 aliphatic rings. The molecule has 0 spiro atoms. The fraction of sp³-hybridized carbons (Fsp3) is 0.370. The number of carbonyl (C=O) groups excluding carboxylic acids is 1. The molecule has 32 heavy (non-hydrogen) atoms. The molecule has 2 aromatic carbocycles. The Bertz CT molecular complexity index is 1070. The Kier molecular flexibility index (Phi) is 7.41. The van der Waals surface area contributed by atoms with Gasteiger partial charge in [0.25, 0.3) is 5.91 Å². The second-order valence-corrected chi connectivity index (χ2v) is 9.41. The van der Waals surface area contributed by atoms with E-state index in [-0.39, 0.29) is 11.3 Å². The molecule has 0 radical (unpaired) electrons. The average Bonchev–Trinajstić information content (AvgIpc) is 3.11. The number of hydrogen-bond donors (Lipinski definition) is 1. The lowest BCUT2D eigenvalue weighted by Crippen LogP contribution is -2.32. The van der Waals surface area contributed by atoms with Crippen molar-refractivity contribution in [3.8, 4) is 5.75 Å². The maximum Gasteiger partial charge on any atom is 0.268 e. The molecule has 1 heterocycles. The third-order valence-corrected chi connectivity index (χ3v) is 5.50. The minimum absolute atomic E-state index is 0.0796. The van der Waals surface area contributed by atoms with Crippen LogP contribution >= 0.6 is 0 Å². The van der Waals surface area contributed by atoms with Crippen molar-refractivity contribution in [2.75, 3.05) is 33.8 Å². The van der Waals surface area contributed by atoms with Crippen molar-refractivity contribution in [1.29, 1.82) is 0 Å². The van der Waals surface area contributed by atoms with Gasteiger partial charge in [-0.1, -0.05) is 63.8 Å². The number of ether oxygens (including phenoxy) is 1. The summed E-state index contributed by atoms with van der Waals surface area (Å²) in [5.74, 6) is 0.676. The Morgan fingerprint density at radius 2 is 1.88 bits per heavy atom. The van der Waals surface area contributed by atoms with Crippen molar-refractivity contribution in [1.82, 2.24) is 14.8 Å². The van der Waals surface area contributed by atoms with Gasteiger partial charge >= 0.3 is 0 Å². The van der Waals surface area contributed by atoms with Crippen LogP contribution in [-0.4, -0.2) is 49.2 Å². The van der Waals surface area contributed by atoms with Gasteiger partial charge in [-0.05, 0) is 48.8 Å². The van der Waals surface area contributed by atoms with Crippen molar-refractivity contribution in [2.45, 2.75) is 32.7 Å². The van der Waals surface area contributed by atoms with Crippen LogP contribution in [0.4, 0.5) is 0 Å². The number of aromatic nitrogens is 1. The van der Waals surface area contributed by atoms with E-state index in [1.54, 1.807) is 6.08 Å². The van der Waals surface area contributed by atoms with Crippen LogP contribution in [0.15, 0.2) is 61.2 Å². The van der Waals surface area contributed by atoms with Gasteiger partial charge in [0.1, 0.15) is 18.1 Å². The molecular weight excluding hydrogens is 398 g/mol. The Balaban J connectivity index is 1.99. The number of amides is 1. The summed E-state index contributed by atoms with van der Waals surface area (Å²) in [5, 5.41) is 3.98. The summed E-state index contributed by atoms with van der Waals surface area (Å²) in [4.78, 5) is 15.2. The third-order valence-electron chi connectivity index (χ3n) is 5.50. The number of nitrogens with zero attached hydrogens (tertiary/aromatic N) is 2. The molecule has 3 aromatic rings. The summed E-state index contributed by atoms with van der Waals surface area (Å²) < 4.78 is 7.94. The SMILES string of the molecule is C=CCOc1cccc2c1cc(C(=O)NCCN(C)C)n2Cc1ccc(C(C)(C)C)cc1. The molecule has 0 unspecified atom stereocenters. The lowest BCUT2D eigenvalue weighted by molar-refractivity contribution is 0.0942. The lowest BCUT2D eigenvalue weighted by atomic mass is 9.87. The fourth-order valence-electron chi connectivity index (χ4n) is 3.67. The predicted octanol–water partition coefficient (Wildman–Crippen LogP) is 4.84. The molecule has 0 aliphatic carbocycles. The Hall–Kier alpha value is -3.05. The predicted molar refractivity (Wildman–Crippen MR) is 133 cm³/mol. The first kappa shape index (κ1) is 23.6. The van der Waals surface area contributed by atoms with Crippen molar-refractivity contribution in [3.05, 3.63) is 78.0 Å². The van der Waals surface area contributed by atoms with Crippen LogP contribution in [0.5, 0.6) is 5.75 Å². The van der Waals surface area contributed by atoms with E-state index in [2.05, 4.69) is 61.5 Å². The molecule has 1 amide bonds. The zero-order valence-corrected chi connectivity index (χ0v) is 19.9. The van der Waals surface area contributed by atoms with Crippen LogP contribution in [0.25, 0.3) is 10.9 Å². The third kappa shape index (κ3) is 5.60. The first-order valence-corrected chi connectivity index (χ1v) is 11.1. The molecule has 3 rings (SSSR count). The minimum atomic E-state index is -0.0796. The molecule has 0 bridgehead atoms. The smallest absolute Gasteiger partial charge is 0.268 e. The normalized spacial score (nSPS) is 11.7. The second-order valence-electron chi connectivity index (χ2n) is 9.41. The van der Waals surface area contributed by atoms with Gasteiger partial charge in [0.15, 0.2) is 0 Å². The highest BCUT2D eigenvalue weighted by Crippen LogP contribution is 2.30. The quantitative estimate of drug-likeness (QED) is 0.491. The molecule has 0 aliphatic heterocycles. The summed E-state index contributed by atoms with van der Waals surface area (Å²) in [6.07, 6.45) is 1.72. The van der Waals surface area contributed by atoms with Gasteiger partial charge in [-0.2, -0.15) is 0 Å². The molecule has 0 atom stereocenters. The zero-order valence-electron chi connectivity index (χ0n) is 19.9. The van der Waals surface area contributed by atoms with Gasteiger partial charge < -0.3 is 19.5 Å². The van der Waals surface area contributed by atoms with E-state index >= 15 is 0 Å². The molecule has 5 nitrogen and oxygen atoms in total. The van der Waals surface area contributed by atoms with Gasteiger partial charge in [-0.25, -0.2) is 0 Å². The Labute approximate surface area is 191 Å². The van der Waals surface area contributed by atoms with Crippen molar-refractivity contribution >= 4 is 16.8 Å². The van der Waals surface area contributed by atoms with Gasteiger partial charge in [0.05, 0.1) is 5.52 Å². The lowest BCUT2D eigenvalue weighted by Gasteiger charge is -2.19. The minimum Gasteiger partial charge on any atom is -0.489 e. The number of fused-ring (bicyclic) bond motifs is 1. The molecule has 0 saturated heterocycles. The van der Waals surface area contributed by atoms with Crippen molar-refractivity contribution < 1.29 is 9.53 Å². The molecule has 0 fully saturated rings. The summed E-state index contributed by atoms with van der Waals surface area (Å²) in [7, 11) is 3.99. The molecule has 1 N–H and O–H groups in total. The summed E-state index contributed by atoms with van der Waals surface area (Å²) in [6, 6.07) is 16.5. The topological polar surface area (TPSA) is 46.5 Å². The number of benzene rings is 2. The molecule has 0 saturated carbocycles. The van der Waals surface area contributed by atoms with Gasteiger partial charge in [0, 0.05) is 25.0 Å². The molecule has 170 valence electrons. The summed E-state index contributed by atoms with van der Waals surface area (Å²) in [5.41, 5.74) is 4.15. The number of rotatable bonds is 9. The van der Waals surface area contributed by atoms with E-state index in [1.807, 2.05) is 43.3 Å². The Morgan fingerprint density at radius 1 is 1.16 bits per heavy atom. The van der Waals surface area contributed by atoms with E-state index < -0.39 is 0 Å². The standard InChI is InChI=1S/C27H35N3O2/c1-7-17-32-25-10-8-9-23-22(25)18-24(26(31)28-15-16-29(5)6)30(23)19-20-11-13-21(14-12-20)27(2,3)4/h7-14,18H,1,15-17,19H2,2-6H3,(H,28,31). The van der Waals surface area contributed by atoms with E-state index in [0.717, 1.165) is 28.8 Å². The van der Waals surface area contributed by atoms with Crippen LogP contribution in [0, 0.1) is 0 Å². The molecular formula is C27H35N3O2. The number of nitrogens with one attached hydrogen (secondary N) is 1. The highest BCUT2D eigenvalue weighted by molar-refractivity contribution is 6.00. The van der Waals surface area contributed by atoms with Crippen LogP contribution in [0.3, 0.4) is 0 Å². The van der Waals surface area contributed by atoms with Crippen molar-refractivity contribution in [3.63, 3.8) is 0 Å². The van der Waals surface area contributed by atoms with Gasteiger partial charge in [-0.15, -0.1) is 0 Å². The monoisotopic (exact) mass is 433 g/mol. The first-order valence-electron chi connectivity index (χ1n) is 11.1. The molecule has 5 heteroatoms. The maximum absolute atomic E-state index is 13.1. The van der Waals surface area contributed by atoms with E-state index in [9.17, 15) is 4.79 Å². The summed E-state index contributed by atoms with van der Waals surface area (Å²) >= 11 is 0. The largest absolute Gasteiger partial charge is 0.489 e. The van der Waals surface area contributed by atoms with Gasteiger partial charge in [-0.3, -0.25) is 4.79 Å². The van der Waals surface area contributed by atoms with E-state index in [0.29, 0.717) is 25.4 Å². The number of carbonyl (C=O) groups is 1. The van der Waals surface area contributed by atoms with Crippen LogP contribution < -0.4 is 10.1 Å². The maximum atomic E-state index is 13.1. The average molecular weight is 434 g/mol. The van der Waals surface area contributed by atoms with Crippen LogP contribution in [0.1, 0.15) is 42.4 Å². The second kappa shape index (κ2) is 10.0. The fourth-order valence-corrected chi connectivity index (χ4v) is 3.67. The van der Waals surface area contributed by atoms with E-state index in [4.69, 9.17) is 4.74 Å². The highest BCUT2D eigenvalue weighted by Gasteiger charge is 2.19. The van der Waals surface area contributed by atoms with Gasteiger partial charge in [0.2, 0.25) is 0 Å². The number of hydrogen-bond acceptors (Lipinski definition) is 3. The van der Waals surface area contributed by atoms with E-state index in [1.165, 1.54) is 5.56 Å². The van der Waals surface area contributed by atoms with Crippen LogP contribution in [-0.2, 0) is 12.0 Å². The van der Waals surface area contributed by atoms with Crippen molar-refractivity contribution in [2.24, 2.45) is 0 Å². The number of likely N-dealkylation sites (N-methyl/N-ethyl adjacent to an activating group) is 1. The zero-order chi connectivity index (χ0) is 23.3. The summed E-state index contributed by atoms with van der Waals surface area (Å²) in [6.45, 7) is 12.8. The highest BCUT2D eigenvalue weighted by atomic mass is 16.5.